The van der Waals surface area contributed by atoms with Crippen molar-refractivity contribution in [2.75, 3.05) is 11.9 Å². The summed E-state index contributed by atoms with van der Waals surface area (Å²) in [5.74, 6) is -2.34. The van der Waals surface area contributed by atoms with E-state index in [0.29, 0.717) is 26.9 Å². The van der Waals surface area contributed by atoms with Crippen LogP contribution in [0, 0.1) is 0 Å². The van der Waals surface area contributed by atoms with Crippen LogP contribution in [-0.4, -0.2) is 30.6 Å². The van der Waals surface area contributed by atoms with Crippen molar-refractivity contribution in [2.45, 2.75) is 6.92 Å². The zero-order valence-electron chi connectivity index (χ0n) is 14.2. The van der Waals surface area contributed by atoms with Crippen molar-refractivity contribution in [3.8, 4) is 0 Å². The SMILES string of the molecule is CCOC(=O)c1ccc(NC(=O)C(=O)N/N=C\c2ccc(Cl)c(Cl)c2)cc1. The predicted octanol–water partition coefficient (Wildman–Crippen LogP) is 3.26. The average Bonchev–Trinajstić information content (AvgIpc) is 2.65. The highest BCUT2D eigenvalue weighted by molar-refractivity contribution is 6.42. The van der Waals surface area contributed by atoms with Crippen molar-refractivity contribution in [3.63, 3.8) is 0 Å². The maximum absolute atomic E-state index is 11.8. The number of rotatable bonds is 5. The van der Waals surface area contributed by atoms with E-state index in [1.54, 1.807) is 25.1 Å². The third-order valence-corrected chi connectivity index (χ3v) is 3.92. The number of carbonyl (C=O) groups excluding carboxylic acids is 3. The van der Waals surface area contributed by atoms with Gasteiger partial charge in [-0.05, 0) is 48.9 Å². The Kier molecular flexibility index (Phi) is 7.34. The molecular weight excluding hydrogens is 393 g/mol. The molecule has 0 fully saturated rings. The van der Waals surface area contributed by atoms with E-state index < -0.39 is 17.8 Å². The number of esters is 1. The molecule has 0 heterocycles. The van der Waals surface area contributed by atoms with E-state index in [4.69, 9.17) is 27.9 Å². The molecule has 9 heteroatoms. The van der Waals surface area contributed by atoms with Crippen LogP contribution >= 0.6 is 23.2 Å². The van der Waals surface area contributed by atoms with Gasteiger partial charge in [0.2, 0.25) is 0 Å². The van der Waals surface area contributed by atoms with Crippen LogP contribution in [0.25, 0.3) is 0 Å². The van der Waals surface area contributed by atoms with Gasteiger partial charge in [0, 0.05) is 5.69 Å². The van der Waals surface area contributed by atoms with Gasteiger partial charge in [0.15, 0.2) is 0 Å². The molecule has 7 nitrogen and oxygen atoms in total. The van der Waals surface area contributed by atoms with Gasteiger partial charge in [-0.15, -0.1) is 0 Å². The summed E-state index contributed by atoms with van der Waals surface area (Å²) in [6, 6.07) is 10.7. The number of hydrogen-bond donors (Lipinski definition) is 2. The van der Waals surface area contributed by atoms with Crippen LogP contribution in [0.2, 0.25) is 10.0 Å². The Bertz CT molecular complexity index is 883. The zero-order valence-corrected chi connectivity index (χ0v) is 15.7. The molecular formula is C18H15Cl2N3O4. The van der Waals surface area contributed by atoms with Crippen LogP contribution < -0.4 is 10.7 Å². The second kappa shape index (κ2) is 9.70. The summed E-state index contributed by atoms with van der Waals surface area (Å²) in [5.41, 5.74) is 3.38. The summed E-state index contributed by atoms with van der Waals surface area (Å²) >= 11 is 11.7. The topological polar surface area (TPSA) is 96.9 Å². The van der Waals surface area contributed by atoms with E-state index in [1.807, 2.05) is 0 Å². The molecule has 2 N–H and O–H groups in total. The molecule has 0 saturated carbocycles. The van der Waals surface area contributed by atoms with Crippen LogP contribution in [0.5, 0.6) is 0 Å². The lowest BCUT2D eigenvalue weighted by atomic mass is 10.2. The summed E-state index contributed by atoms with van der Waals surface area (Å²) in [6.07, 6.45) is 1.32. The zero-order chi connectivity index (χ0) is 19.8. The lowest BCUT2D eigenvalue weighted by Gasteiger charge is -2.05. The van der Waals surface area contributed by atoms with E-state index in [-0.39, 0.29) is 6.61 Å². The Hall–Kier alpha value is -2.90. The maximum Gasteiger partial charge on any atom is 0.338 e. The molecule has 0 saturated heterocycles. The van der Waals surface area contributed by atoms with E-state index in [9.17, 15) is 14.4 Å². The fraction of sp³-hybridized carbons (Fsp3) is 0.111. The van der Waals surface area contributed by atoms with E-state index >= 15 is 0 Å². The minimum atomic E-state index is -0.958. The Morgan fingerprint density at radius 2 is 1.74 bits per heavy atom. The van der Waals surface area contributed by atoms with Crippen molar-refractivity contribution < 1.29 is 19.1 Å². The number of ether oxygens (including phenoxy) is 1. The van der Waals surface area contributed by atoms with Gasteiger partial charge in [0.1, 0.15) is 0 Å². The first-order chi connectivity index (χ1) is 12.9. The summed E-state index contributed by atoms with van der Waals surface area (Å²) in [7, 11) is 0. The lowest BCUT2D eigenvalue weighted by Crippen LogP contribution is -2.32. The second-order valence-electron chi connectivity index (χ2n) is 5.12. The normalized spacial score (nSPS) is 10.5. The van der Waals surface area contributed by atoms with Gasteiger partial charge < -0.3 is 10.1 Å². The quantitative estimate of drug-likeness (QED) is 0.344. The highest BCUT2D eigenvalue weighted by Crippen LogP contribution is 2.21. The minimum absolute atomic E-state index is 0.264. The molecule has 2 aromatic rings. The molecule has 27 heavy (non-hydrogen) atoms. The maximum atomic E-state index is 11.8. The molecule has 140 valence electrons. The number of nitrogens with zero attached hydrogens (tertiary/aromatic N) is 1. The van der Waals surface area contributed by atoms with E-state index in [0.717, 1.165) is 0 Å². The molecule has 0 aliphatic heterocycles. The smallest absolute Gasteiger partial charge is 0.338 e. The molecule has 0 unspecified atom stereocenters. The molecule has 2 aromatic carbocycles. The molecule has 2 rings (SSSR count). The van der Waals surface area contributed by atoms with Crippen LogP contribution in [0.3, 0.4) is 0 Å². The fourth-order valence-electron chi connectivity index (χ4n) is 1.90. The summed E-state index contributed by atoms with van der Waals surface area (Å²) in [5, 5.41) is 6.81. The predicted molar refractivity (Wildman–Crippen MR) is 103 cm³/mol. The number of benzene rings is 2. The number of halogens is 2. The van der Waals surface area contributed by atoms with Crippen LogP contribution in [-0.2, 0) is 14.3 Å². The van der Waals surface area contributed by atoms with Crippen molar-refractivity contribution in [3.05, 3.63) is 63.6 Å². The highest BCUT2D eigenvalue weighted by atomic mass is 35.5. The van der Waals surface area contributed by atoms with E-state index in [1.165, 1.54) is 30.5 Å². The number of amides is 2. The van der Waals surface area contributed by atoms with Gasteiger partial charge in [-0.3, -0.25) is 9.59 Å². The number of hydrazone groups is 1. The summed E-state index contributed by atoms with van der Waals surface area (Å²) in [4.78, 5) is 35.2. The number of carbonyl (C=O) groups is 3. The molecule has 2 amide bonds. The van der Waals surface area contributed by atoms with Gasteiger partial charge in [-0.1, -0.05) is 29.3 Å². The average molecular weight is 408 g/mol. The second-order valence-corrected chi connectivity index (χ2v) is 5.94. The van der Waals surface area contributed by atoms with Crippen molar-refractivity contribution in [2.24, 2.45) is 5.10 Å². The number of hydrogen-bond acceptors (Lipinski definition) is 5. The lowest BCUT2D eigenvalue weighted by molar-refractivity contribution is -0.136. The standard InChI is InChI=1S/C18H15Cl2N3O4/c1-2-27-18(26)12-4-6-13(7-5-12)22-16(24)17(25)23-21-10-11-3-8-14(19)15(20)9-11/h3-10H,2H2,1H3,(H,22,24)(H,23,25)/b21-10-. The Morgan fingerprint density at radius 3 is 2.37 bits per heavy atom. The van der Waals surface area contributed by atoms with Crippen LogP contribution in [0.1, 0.15) is 22.8 Å². The summed E-state index contributed by atoms with van der Waals surface area (Å²) in [6.45, 7) is 1.97. The van der Waals surface area contributed by atoms with Crippen molar-refractivity contribution >= 4 is 52.9 Å². The van der Waals surface area contributed by atoms with Gasteiger partial charge in [-0.2, -0.15) is 5.10 Å². The molecule has 0 aliphatic rings. The monoisotopic (exact) mass is 407 g/mol. The Morgan fingerprint density at radius 1 is 1.04 bits per heavy atom. The van der Waals surface area contributed by atoms with Crippen molar-refractivity contribution in [1.29, 1.82) is 0 Å². The van der Waals surface area contributed by atoms with Gasteiger partial charge in [-0.25, -0.2) is 10.2 Å². The van der Waals surface area contributed by atoms with Crippen molar-refractivity contribution in [1.82, 2.24) is 5.43 Å². The molecule has 0 bridgehead atoms. The minimum Gasteiger partial charge on any atom is -0.462 e. The van der Waals surface area contributed by atoms with Crippen LogP contribution in [0.4, 0.5) is 5.69 Å². The first kappa shape index (κ1) is 20.4. The van der Waals surface area contributed by atoms with Gasteiger partial charge in [0.05, 0.1) is 28.4 Å². The Balaban J connectivity index is 1.89. The van der Waals surface area contributed by atoms with Gasteiger partial charge in [0.25, 0.3) is 0 Å². The Labute approximate surface area is 165 Å². The van der Waals surface area contributed by atoms with Crippen LogP contribution in [0.15, 0.2) is 47.6 Å². The fourth-order valence-corrected chi connectivity index (χ4v) is 2.21. The van der Waals surface area contributed by atoms with E-state index in [2.05, 4.69) is 15.8 Å². The molecule has 0 aliphatic carbocycles. The molecule has 0 spiro atoms. The number of anilines is 1. The first-order valence-electron chi connectivity index (χ1n) is 7.77. The molecule has 0 radical (unpaired) electrons. The summed E-state index contributed by atoms with van der Waals surface area (Å²) < 4.78 is 4.86. The third-order valence-electron chi connectivity index (χ3n) is 3.18. The highest BCUT2D eigenvalue weighted by Gasteiger charge is 2.13. The molecule has 0 atom stereocenters. The largest absolute Gasteiger partial charge is 0.462 e. The molecule has 0 aromatic heterocycles. The first-order valence-corrected chi connectivity index (χ1v) is 8.53. The number of nitrogens with one attached hydrogen (secondary N) is 2. The third kappa shape index (κ3) is 6.09. The van der Waals surface area contributed by atoms with Gasteiger partial charge >= 0.3 is 17.8 Å².